The molecule has 8 heteroatoms. The lowest BCUT2D eigenvalue weighted by Crippen LogP contribution is -2.33. The monoisotopic (exact) mass is 368 g/mol. The largest absolute Gasteiger partial charge is 0.356 e. The van der Waals surface area contributed by atoms with E-state index >= 15 is 0 Å². The van der Waals surface area contributed by atoms with Crippen LogP contribution in [0.15, 0.2) is 36.8 Å². The standard InChI is InChI=1S/C19H21FN6O/c1-13-6-8-25(9-7-13)18-14-10-23-26(19(14)22-12-21-18)11-17(27)24-16-5-3-2-4-15(16)20/h2-5,10,12-13H,6-9,11H2,1H3,(H,24,27). The second kappa shape index (κ2) is 7.30. The molecule has 1 amide bonds. The molecule has 0 atom stereocenters. The van der Waals surface area contributed by atoms with Crippen LogP contribution in [0, 0.1) is 11.7 Å². The zero-order valence-electron chi connectivity index (χ0n) is 15.1. The zero-order chi connectivity index (χ0) is 18.8. The highest BCUT2D eigenvalue weighted by Crippen LogP contribution is 2.27. The molecular weight excluding hydrogens is 347 g/mol. The average molecular weight is 368 g/mol. The summed E-state index contributed by atoms with van der Waals surface area (Å²) in [5.74, 6) is 0.744. The van der Waals surface area contributed by atoms with E-state index in [4.69, 9.17) is 0 Å². The van der Waals surface area contributed by atoms with Gasteiger partial charge in [0, 0.05) is 13.1 Å². The smallest absolute Gasteiger partial charge is 0.246 e. The lowest BCUT2D eigenvalue weighted by molar-refractivity contribution is -0.116. The van der Waals surface area contributed by atoms with E-state index in [0.29, 0.717) is 5.65 Å². The van der Waals surface area contributed by atoms with Crippen molar-refractivity contribution in [2.24, 2.45) is 5.92 Å². The van der Waals surface area contributed by atoms with Crippen molar-refractivity contribution < 1.29 is 9.18 Å². The van der Waals surface area contributed by atoms with E-state index < -0.39 is 5.82 Å². The van der Waals surface area contributed by atoms with Gasteiger partial charge in [0.05, 0.1) is 17.3 Å². The molecule has 1 N–H and O–H groups in total. The number of para-hydroxylation sites is 1. The number of piperidine rings is 1. The Balaban J connectivity index is 1.54. The van der Waals surface area contributed by atoms with E-state index in [1.165, 1.54) is 23.1 Å². The summed E-state index contributed by atoms with van der Waals surface area (Å²) in [6, 6.07) is 6.07. The fourth-order valence-electron chi connectivity index (χ4n) is 3.36. The van der Waals surface area contributed by atoms with Gasteiger partial charge in [0.25, 0.3) is 0 Å². The second-order valence-corrected chi connectivity index (χ2v) is 6.93. The number of nitrogens with one attached hydrogen (secondary N) is 1. The number of benzene rings is 1. The highest BCUT2D eigenvalue weighted by molar-refractivity contribution is 5.92. The fourth-order valence-corrected chi connectivity index (χ4v) is 3.36. The minimum atomic E-state index is -0.472. The Labute approximate surface area is 156 Å². The first kappa shape index (κ1) is 17.4. The summed E-state index contributed by atoms with van der Waals surface area (Å²) >= 11 is 0. The van der Waals surface area contributed by atoms with Gasteiger partial charge in [-0.2, -0.15) is 5.10 Å². The van der Waals surface area contributed by atoms with E-state index in [-0.39, 0.29) is 18.1 Å². The van der Waals surface area contributed by atoms with Gasteiger partial charge in [-0.1, -0.05) is 19.1 Å². The van der Waals surface area contributed by atoms with Crippen molar-refractivity contribution in [2.45, 2.75) is 26.3 Å². The number of aromatic nitrogens is 4. The van der Waals surface area contributed by atoms with Crippen molar-refractivity contribution in [3.63, 3.8) is 0 Å². The summed E-state index contributed by atoms with van der Waals surface area (Å²) in [6.45, 7) is 4.11. The minimum Gasteiger partial charge on any atom is -0.356 e. The molecule has 0 unspecified atom stereocenters. The highest BCUT2D eigenvalue weighted by Gasteiger charge is 2.21. The van der Waals surface area contributed by atoms with E-state index in [1.54, 1.807) is 18.3 Å². The van der Waals surface area contributed by atoms with Crippen LogP contribution in [-0.4, -0.2) is 38.7 Å². The van der Waals surface area contributed by atoms with Gasteiger partial charge in [0.15, 0.2) is 5.65 Å². The topological polar surface area (TPSA) is 75.9 Å². The first-order chi connectivity index (χ1) is 13.1. The first-order valence-corrected chi connectivity index (χ1v) is 9.07. The average Bonchev–Trinajstić information content (AvgIpc) is 3.07. The molecule has 1 fully saturated rings. The van der Waals surface area contributed by atoms with Gasteiger partial charge in [-0.3, -0.25) is 4.79 Å². The summed E-state index contributed by atoms with van der Waals surface area (Å²) in [5, 5.41) is 7.69. The molecular formula is C19H21FN6O. The SMILES string of the molecule is CC1CCN(c2ncnc3c2cnn3CC(=O)Nc2ccccc2F)CC1. The molecule has 0 saturated carbocycles. The lowest BCUT2D eigenvalue weighted by atomic mass is 9.99. The van der Waals surface area contributed by atoms with Crippen molar-refractivity contribution >= 4 is 28.4 Å². The summed E-state index contributed by atoms with van der Waals surface area (Å²) in [4.78, 5) is 23.3. The minimum absolute atomic E-state index is 0.0503. The molecule has 1 aliphatic rings. The van der Waals surface area contributed by atoms with Gasteiger partial charge in [0.2, 0.25) is 5.91 Å². The number of anilines is 2. The number of carbonyl (C=O) groups excluding carboxylic acids is 1. The van der Waals surface area contributed by atoms with Gasteiger partial charge >= 0.3 is 0 Å². The first-order valence-electron chi connectivity index (χ1n) is 9.07. The fraction of sp³-hybridized carbons (Fsp3) is 0.368. The molecule has 3 heterocycles. The zero-order valence-corrected chi connectivity index (χ0v) is 15.1. The number of halogens is 1. The number of carbonyl (C=O) groups is 1. The van der Waals surface area contributed by atoms with Gasteiger partial charge in [-0.15, -0.1) is 0 Å². The maximum Gasteiger partial charge on any atom is 0.246 e. The third kappa shape index (κ3) is 3.60. The molecule has 0 bridgehead atoms. The third-order valence-electron chi connectivity index (χ3n) is 4.94. The van der Waals surface area contributed by atoms with E-state index in [0.717, 1.165) is 43.1 Å². The Morgan fingerprint density at radius 1 is 1.26 bits per heavy atom. The van der Waals surface area contributed by atoms with Crippen LogP contribution < -0.4 is 10.2 Å². The predicted molar refractivity (Wildman–Crippen MR) is 101 cm³/mol. The molecule has 0 radical (unpaired) electrons. The summed E-state index contributed by atoms with van der Waals surface area (Å²) in [6.07, 6.45) is 5.46. The Hall–Kier alpha value is -3.03. The normalized spacial score (nSPS) is 15.3. The third-order valence-corrected chi connectivity index (χ3v) is 4.94. The molecule has 1 aromatic carbocycles. The lowest BCUT2D eigenvalue weighted by Gasteiger charge is -2.31. The van der Waals surface area contributed by atoms with E-state index in [1.807, 2.05) is 0 Å². The Bertz CT molecular complexity index is 964. The van der Waals surface area contributed by atoms with Gasteiger partial charge in [0.1, 0.15) is 24.5 Å². The summed E-state index contributed by atoms with van der Waals surface area (Å²) in [5.41, 5.74) is 0.749. The van der Waals surface area contributed by atoms with Crippen molar-refractivity contribution in [3.8, 4) is 0 Å². The van der Waals surface area contributed by atoms with Crippen LogP contribution in [0.25, 0.3) is 11.0 Å². The number of nitrogens with zero attached hydrogens (tertiary/aromatic N) is 5. The number of amides is 1. The van der Waals surface area contributed by atoms with E-state index in [9.17, 15) is 9.18 Å². The van der Waals surface area contributed by atoms with E-state index in [2.05, 4.69) is 32.2 Å². The molecule has 2 aromatic heterocycles. The maximum absolute atomic E-state index is 13.7. The molecule has 1 aliphatic heterocycles. The van der Waals surface area contributed by atoms with Crippen LogP contribution in [0.4, 0.5) is 15.9 Å². The van der Waals surface area contributed by atoms with Crippen LogP contribution >= 0.6 is 0 Å². The highest BCUT2D eigenvalue weighted by atomic mass is 19.1. The van der Waals surface area contributed by atoms with Crippen molar-refractivity contribution in [1.82, 2.24) is 19.7 Å². The number of hydrogen-bond acceptors (Lipinski definition) is 5. The number of fused-ring (bicyclic) bond motifs is 1. The van der Waals surface area contributed by atoms with Crippen LogP contribution in [-0.2, 0) is 11.3 Å². The van der Waals surface area contributed by atoms with Crippen LogP contribution in [0.1, 0.15) is 19.8 Å². The van der Waals surface area contributed by atoms with Gasteiger partial charge in [-0.05, 0) is 30.9 Å². The second-order valence-electron chi connectivity index (χ2n) is 6.93. The summed E-state index contributed by atoms with van der Waals surface area (Å²) < 4.78 is 15.2. The quantitative estimate of drug-likeness (QED) is 0.766. The number of hydrogen-bond donors (Lipinski definition) is 1. The Morgan fingerprint density at radius 2 is 2.04 bits per heavy atom. The Kier molecular flexibility index (Phi) is 4.70. The maximum atomic E-state index is 13.7. The predicted octanol–water partition coefficient (Wildman–Crippen LogP) is 2.84. The number of rotatable bonds is 4. The van der Waals surface area contributed by atoms with Crippen molar-refractivity contribution in [3.05, 3.63) is 42.6 Å². The van der Waals surface area contributed by atoms with Crippen molar-refractivity contribution in [1.29, 1.82) is 0 Å². The van der Waals surface area contributed by atoms with Gasteiger partial charge < -0.3 is 10.2 Å². The summed E-state index contributed by atoms with van der Waals surface area (Å²) in [7, 11) is 0. The molecule has 1 saturated heterocycles. The van der Waals surface area contributed by atoms with Crippen LogP contribution in [0.2, 0.25) is 0 Å². The van der Waals surface area contributed by atoms with Crippen LogP contribution in [0.3, 0.4) is 0 Å². The van der Waals surface area contributed by atoms with Crippen LogP contribution in [0.5, 0.6) is 0 Å². The molecule has 0 spiro atoms. The van der Waals surface area contributed by atoms with Gasteiger partial charge in [-0.25, -0.2) is 19.0 Å². The molecule has 27 heavy (non-hydrogen) atoms. The molecule has 7 nitrogen and oxygen atoms in total. The molecule has 4 rings (SSSR count). The molecule has 140 valence electrons. The van der Waals surface area contributed by atoms with Crippen molar-refractivity contribution in [2.75, 3.05) is 23.3 Å². The molecule has 0 aliphatic carbocycles. The Morgan fingerprint density at radius 3 is 2.81 bits per heavy atom. The molecule has 3 aromatic rings.